The standard InChI is InChI=1S/C15H14O3.C14H14N2O6/c1-10-6-8-11(9-7-10)14(15(17)18)12-4-2-3-5-13(12)16;1-19-8-5-4-6-9(12(8)13(17)18)22-14-15-10(20-2)7-11(16-14)21-3/h2-9,14,16H,1H3,(H,17,18);4-7H,1-3H3,(H,17,18). The summed E-state index contributed by atoms with van der Waals surface area (Å²) in [7, 11) is 4.23. The Morgan fingerprint density at radius 1 is 0.775 bits per heavy atom. The van der Waals surface area contributed by atoms with Crippen LogP contribution in [0.3, 0.4) is 0 Å². The van der Waals surface area contributed by atoms with Gasteiger partial charge in [-0.25, -0.2) is 4.79 Å². The number of benzene rings is 3. The maximum Gasteiger partial charge on any atom is 0.343 e. The van der Waals surface area contributed by atoms with Gasteiger partial charge in [0, 0.05) is 5.56 Å². The Kier molecular flexibility index (Phi) is 9.84. The monoisotopic (exact) mass is 548 g/mol. The third-order valence-corrected chi connectivity index (χ3v) is 5.61. The SMILES string of the molecule is COc1cc(OC)nc(Oc2cccc(OC)c2C(=O)O)n1.Cc1ccc(C(C(=O)O)c2ccccc2O)cc1. The first-order valence-electron chi connectivity index (χ1n) is 11.8. The van der Waals surface area contributed by atoms with E-state index in [9.17, 15) is 24.9 Å². The van der Waals surface area contributed by atoms with Crippen LogP contribution in [0, 0.1) is 6.92 Å². The number of aryl methyl sites for hydroxylation is 1. The van der Waals surface area contributed by atoms with Gasteiger partial charge in [0.2, 0.25) is 11.8 Å². The molecule has 1 heterocycles. The summed E-state index contributed by atoms with van der Waals surface area (Å²) in [5.74, 6) is -2.34. The summed E-state index contributed by atoms with van der Waals surface area (Å²) >= 11 is 0. The van der Waals surface area contributed by atoms with Gasteiger partial charge in [0.25, 0.3) is 0 Å². The van der Waals surface area contributed by atoms with E-state index in [1.165, 1.54) is 45.6 Å². The highest BCUT2D eigenvalue weighted by Gasteiger charge is 2.24. The number of carboxylic acids is 2. The fourth-order valence-corrected chi connectivity index (χ4v) is 3.66. The van der Waals surface area contributed by atoms with Gasteiger partial charge in [0.15, 0.2) is 0 Å². The lowest BCUT2D eigenvalue weighted by Gasteiger charge is -2.14. The number of aliphatic carboxylic acids is 1. The summed E-state index contributed by atoms with van der Waals surface area (Å²) in [5, 5.41) is 28.5. The van der Waals surface area contributed by atoms with E-state index in [1.54, 1.807) is 36.4 Å². The van der Waals surface area contributed by atoms with E-state index in [0.29, 0.717) is 11.1 Å². The Labute approximate surface area is 230 Å². The molecule has 0 spiro atoms. The van der Waals surface area contributed by atoms with E-state index in [0.717, 1.165) is 5.56 Å². The number of aromatic carboxylic acids is 1. The highest BCUT2D eigenvalue weighted by molar-refractivity contribution is 5.94. The predicted octanol–water partition coefficient (Wildman–Crippen LogP) is 4.91. The molecule has 0 saturated carbocycles. The van der Waals surface area contributed by atoms with Gasteiger partial charge in [-0.05, 0) is 30.7 Å². The number of aromatic nitrogens is 2. The van der Waals surface area contributed by atoms with Crippen molar-refractivity contribution in [1.82, 2.24) is 9.97 Å². The van der Waals surface area contributed by atoms with Gasteiger partial charge in [0.05, 0.1) is 27.4 Å². The van der Waals surface area contributed by atoms with Gasteiger partial charge in [-0.15, -0.1) is 0 Å². The largest absolute Gasteiger partial charge is 0.508 e. The number of rotatable bonds is 9. The van der Waals surface area contributed by atoms with Crippen LogP contribution < -0.4 is 18.9 Å². The Morgan fingerprint density at radius 3 is 1.90 bits per heavy atom. The number of nitrogens with zero attached hydrogens (tertiary/aromatic N) is 2. The van der Waals surface area contributed by atoms with Crippen LogP contribution in [0.15, 0.2) is 72.8 Å². The zero-order valence-corrected chi connectivity index (χ0v) is 22.2. The fourth-order valence-electron chi connectivity index (χ4n) is 3.66. The number of carboxylic acid groups (broad SMARTS) is 2. The molecule has 3 N–H and O–H groups in total. The van der Waals surface area contributed by atoms with Crippen LogP contribution >= 0.6 is 0 Å². The van der Waals surface area contributed by atoms with Crippen molar-refractivity contribution in [2.75, 3.05) is 21.3 Å². The number of phenolic OH excluding ortho intramolecular Hbond substituents is 1. The normalized spacial score (nSPS) is 10.9. The molecule has 40 heavy (non-hydrogen) atoms. The summed E-state index contributed by atoms with van der Waals surface area (Å²) in [6.45, 7) is 1.94. The average molecular weight is 549 g/mol. The van der Waals surface area contributed by atoms with Crippen molar-refractivity contribution >= 4 is 11.9 Å². The van der Waals surface area contributed by atoms with Crippen molar-refractivity contribution in [3.05, 3.63) is 95.1 Å². The first-order chi connectivity index (χ1) is 19.2. The highest BCUT2D eigenvalue weighted by atomic mass is 16.5. The minimum atomic E-state index is -1.19. The molecule has 1 unspecified atom stereocenters. The molecule has 11 heteroatoms. The van der Waals surface area contributed by atoms with Crippen LogP contribution in [0.5, 0.6) is 35.0 Å². The molecule has 0 fully saturated rings. The van der Waals surface area contributed by atoms with Crippen molar-refractivity contribution in [1.29, 1.82) is 0 Å². The zero-order chi connectivity index (χ0) is 29.2. The number of ether oxygens (including phenoxy) is 4. The molecule has 0 aliphatic carbocycles. The summed E-state index contributed by atoms with van der Waals surface area (Å²) < 4.78 is 20.5. The molecule has 0 aliphatic rings. The van der Waals surface area contributed by atoms with Gasteiger partial charge in [-0.2, -0.15) is 9.97 Å². The van der Waals surface area contributed by atoms with Gasteiger partial charge in [0.1, 0.15) is 28.7 Å². The molecule has 0 aliphatic heterocycles. The van der Waals surface area contributed by atoms with Crippen LogP contribution in [0.4, 0.5) is 0 Å². The minimum absolute atomic E-state index is 0.00507. The van der Waals surface area contributed by atoms with E-state index in [1.807, 2.05) is 19.1 Å². The number of carbonyl (C=O) groups is 2. The molecule has 1 atom stereocenters. The molecule has 208 valence electrons. The Bertz CT molecular complexity index is 1450. The van der Waals surface area contributed by atoms with Crippen LogP contribution in [-0.4, -0.2) is 58.6 Å². The fraction of sp³-hybridized carbons (Fsp3) is 0.172. The predicted molar refractivity (Wildman–Crippen MR) is 144 cm³/mol. The first-order valence-corrected chi connectivity index (χ1v) is 11.8. The summed E-state index contributed by atoms with van der Waals surface area (Å²) in [6.07, 6.45) is 0. The van der Waals surface area contributed by atoms with E-state index in [2.05, 4.69) is 9.97 Å². The van der Waals surface area contributed by atoms with Gasteiger partial charge in [-0.1, -0.05) is 54.1 Å². The third-order valence-electron chi connectivity index (χ3n) is 5.61. The van der Waals surface area contributed by atoms with Crippen molar-refractivity contribution in [3.8, 4) is 35.0 Å². The van der Waals surface area contributed by atoms with Crippen LogP contribution in [0.2, 0.25) is 0 Å². The molecule has 3 aromatic carbocycles. The van der Waals surface area contributed by atoms with Crippen LogP contribution in [0.25, 0.3) is 0 Å². The van der Waals surface area contributed by atoms with E-state index >= 15 is 0 Å². The molecule has 4 aromatic rings. The summed E-state index contributed by atoms with van der Waals surface area (Å²) in [5.41, 5.74) is 2.01. The second-order valence-electron chi connectivity index (χ2n) is 8.22. The number of methoxy groups -OCH3 is 3. The molecule has 0 bridgehead atoms. The van der Waals surface area contributed by atoms with Crippen LogP contribution in [-0.2, 0) is 4.79 Å². The second kappa shape index (κ2) is 13.5. The molecule has 1 aromatic heterocycles. The van der Waals surface area contributed by atoms with E-state index < -0.39 is 17.9 Å². The lowest BCUT2D eigenvalue weighted by molar-refractivity contribution is -0.137. The number of para-hydroxylation sites is 1. The van der Waals surface area contributed by atoms with Crippen molar-refractivity contribution in [2.45, 2.75) is 12.8 Å². The highest BCUT2D eigenvalue weighted by Crippen LogP contribution is 2.33. The quantitative estimate of drug-likeness (QED) is 0.261. The van der Waals surface area contributed by atoms with Crippen molar-refractivity contribution in [2.24, 2.45) is 0 Å². The van der Waals surface area contributed by atoms with E-state index in [-0.39, 0.29) is 40.6 Å². The third kappa shape index (κ3) is 7.16. The average Bonchev–Trinajstić information content (AvgIpc) is 2.94. The molecule has 0 radical (unpaired) electrons. The zero-order valence-electron chi connectivity index (χ0n) is 22.2. The number of phenols is 1. The summed E-state index contributed by atoms with van der Waals surface area (Å²) in [6, 6.07) is 19.8. The maximum absolute atomic E-state index is 11.4. The van der Waals surface area contributed by atoms with Crippen molar-refractivity contribution < 1.29 is 43.9 Å². The lowest BCUT2D eigenvalue weighted by atomic mass is 9.90. The molecular weight excluding hydrogens is 520 g/mol. The minimum Gasteiger partial charge on any atom is -0.508 e. The molecule has 4 rings (SSSR count). The van der Waals surface area contributed by atoms with Crippen LogP contribution in [0.1, 0.15) is 33.0 Å². The molecule has 11 nitrogen and oxygen atoms in total. The molecular formula is C29H28N2O9. The lowest BCUT2D eigenvalue weighted by Crippen LogP contribution is -2.13. The first kappa shape index (κ1) is 29.2. The summed E-state index contributed by atoms with van der Waals surface area (Å²) in [4.78, 5) is 30.8. The Hall–Kier alpha value is -5.32. The van der Waals surface area contributed by atoms with Gasteiger partial charge >= 0.3 is 17.9 Å². The molecule has 0 amide bonds. The molecule has 0 saturated heterocycles. The van der Waals surface area contributed by atoms with Gasteiger partial charge < -0.3 is 34.3 Å². The van der Waals surface area contributed by atoms with Gasteiger partial charge in [-0.3, -0.25) is 4.79 Å². The smallest absolute Gasteiger partial charge is 0.343 e. The second-order valence-corrected chi connectivity index (χ2v) is 8.22. The number of hydrogen-bond donors (Lipinski definition) is 3. The van der Waals surface area contributed by atoms with Crippen molar-refractivity contribution in [3.63, 3.8) is 0 Å². The number of aromatic hydroxyl groups is 1. The van der Waals surface area contributed by atoms with E-state index in [4.69, 9.17) is 18.9 Å². The topological polar surface area (TPSA) is 158 Å². The number of hydrogen-bond acceptors (Lipinski definition) is 9. The maximum atomic E-state index is 11.4. The Balaban J connectivity index is 0.000000225. The Morgan fingerprint density at radius 2 is 1.38 bits per heavy atom.